The first-order valence-corrected chi connectivity index (χ1v) is 5.15. The second-order valence-corrected chi connectivity index (χ2v) is 3.13. The van der Waals surface area contributed by atoms with Gasteiger partial charge in [-0.1, -0.05) is 13.3 Å². The molecular formula is C11H16FNO2. The van der Waals surface area contributed by atoms with Gasteiger partial charge in [0.05, 0.1) is 6.61 Å². The molecule has 84 valence electrons. The van der Waals surface area contributed by atoms with E-state index in [1.807, 2.05) is 0 Å². The quantitative estimate of drug-likeness (QED) is 0.515. The molecule has 0 amide bonds. The molecular weight excluding hydrogens is 197 g/mol. The SMILES string of the molecule is CCCCOCCOc1ccnc(F)c1. The van der Waals surface area contributed by atoms with Crippen LogP contribution in [0.4, 0.5) is 4.39 Å². The molecule has 0 aliphatic carbocycles. The van der Waals surface area contributed by atoms with Gasteiger partial charge < -0.3 is 9.47 Å². The van der Waals surface area contributed by atoms with Gasteiger partial charge in [0.25, 0.3) is 0 Å². The molecule has 0 aromatic carbocycles. The Morgan fingerprint density at radius 2 is 2.20 bits per heavy atom. The van der Waals surface area contributed by atoms with Gasteiger partial charge in [-0.3, -0.25) is 0 Å². The molecule has 0 fully saturated rings. The average molecular weight is 213 g/mol. The summed E-state index contributed by atoms with van der Waals surface area (Å²) in [6.45, 7) is 3.83. The van der Waals surface area contributed by atoms with Gasteiger partial charge in [0, 0.05) is 18.9 Å². The zero-order chi connectivity index (χ0) is 10.9. The third-order valence-corrected chi connectivity index (χ3v) is 1.84. The fourth-order valence-corrected chi connectivity index (χ4v) is 1.04. The van der Waals surface area contributed by atoms with Gasteiger partial charge in [0.2, 0.25) is 5.95 Å². The molecule has 1 rings (SSSR count). The molecule has 0 aliphatic heterocycles. The minimum atomic E-state index is -0.528. The summed E-state index contributed by atoms with van der Waals surface area (Å²) in [4.78, 5) is 3.43. The van der Waals surface area contributed by atoms with Gasteiger partial charge in [-0.05, 0) is 12.5 Å². The number of aromatic nitrogens is 1. The Labute approximate surface area is 89.2 Å². The normalized spacial score (nSPS) is 10.3. The summed E-state index contributed by atoms with van der Waals surface area (Å²) in [7, 11) is 0. The highest BCUT2D eigenvalue weighted by Gasteiger charge is 1.96. The lowest BCUT2D eigenvalue weighted by atomic mass is 10.4. The number of hydrogen-bond acceptors (Lipinski definition) is 3. The number of nitrogens with zero attached hydrogens (tertiary/aromatic N) is 1. The molecule has 1 aromatic heterocycles. The lowest BCUT2D eigenvalue weighted by Gasteiger charge is -2.06. The number of ether oxygens (including phenoxy) is 2. The second-order valence-electron chi connectivity index (χ2n) is 3.13. The molecule has 0 aliphatic rings. The van der Waals surface area contributed by atoms with Crippen molar-refractivity contribution in [1.29, 1.82) is 0 Å². The Hall–Kier alpha value is -1.16. The van der Waals surface area contributed by atoms with E-state index in [9.17, 15) is 4.39 Å². The van der Waals surface area contributed by atoms with Crippen LogP contribution >= 0.6 is 0 Å². The Balaban J connectivity index is 2.10. The number of halogens is 1. The van der Waals surface area contributed by atoms with Gasteiger partial charge in [-0.2, -0.15) is 4.39 Å². The molecule has 15 heavy (non-hydrogen) atoms. The van der Waals surface area contributed by atoms with Crippen molar-refractivity contribution < 1.29 is 13.9 Å². The van der Waals surface area contributed by atoms with Gasteiger partial charge in [0.1, 0.15) is 12.4 Å². The van der Waals surface area contributed by atoms with Crippen molar-refractivity contribution in [2.24, 2.45) is 0 Å². The largest absolute Gasteiger partial charge is 0.491 e. The van der Waals surface area contributed by atoms with Crippen LogP contribution in [0.5, 0.6) is 5.75 Å². The van der Waals surface area contributed by atoms with E-state index in [0.717, 1.165) is 19.4 Å². The van der Waals surface area contributed by atoms with E-state index in [4.69, 9.17) is 9.47 Å². The van der Waals surface area contributed by atoms with Crippen molar-refractivity contribution in [2.45, 2.75) is 19.8 Å². The summed E-state index contributed by atoms with van der Waals surface area (Å²) in [6.07, 6.45) is 3.56. The standard InChI is InChI=1S/C11H16FNO2/c1-2-3-6-14-7-8-15-10-4-5-13-11(12)9-10/h4-5,9H,2-3,6-8H2,1H3. The summed E-state index contributed by atoms with van der Waals surface area (Å²) >= 11 is 0. The van der Waals surface area contributed by atoms with E-state index in [2.05, 4.69) is 11.9 Å². The van der Waals surface area contributed by atoms with Crippen LogP contribution < -0.4 is 4.74 Å². The van der Waals surface area contributed by atoms with Crippen LogP contribution in [-0.2, 0) is 4.74 Å². The van der Waals surface area contributed by atoms with Crippen LogP contribution in [0, 0.1) is 5.95 Å². The minimum absolute atomic E-state index is 0.438. The average Bonchev–Trinajstić information content (AvgIpc) is 2.23. The predicted octanol–water partition coefficient (Wildman–Crippen LogP) is 2.42. The molecule has 1 aromatic rings. The van der Waals surface area contributed by atoms with Gasteiger partial charge in [-0.25, -0.2) is 4.98 Å². The van der Waals surface area contributed by atoms with Gasteiger partial charge in [-0.15, -0.1) is 0 Å². The van der Waals surface area contributed by atoms with E-state index in [1.165, 1.54) is 12.3 Å². The minimum Gasteiger partial charge on any atom is -0.491 e. The molecule has 0 atom stereocenters. The third kappa shape index (κ3) is 5.32. The highest BCUT2D eigenvalue weighted by Crippen LogP contribution is 2.09. The van der Waals surface area contributed by atoms with Crippen LogP contribution in [0.1, 0.15) is 19.8 Å². The van der Waals surface area contributed by atoms with Gasteiger partial charge >= 0.3 is 0 Å². The zero-order valence-corrected chi connectivity index (χ0v) is 8.91. The molecule has 0 N–H and O–H groups in total. The van der Waals surface area contributed by atoms with Crippen molar-refractivity contribution in [2.75, 3.05) is 19.8 Å². The van der Waals surface area contributed by atoms with Crippen molar-refractivity contribution >= 4 is 0 Å². The third-order valence-electron chi connectivity index (χ3n) is 1.84. The monoisotopic (exact) mass is 213 g/mol. The molecule has 0 saturated carbocycles. The van der Waals surface area contributed by atoms with E-state index in [1.54, 1.807) is 6.07 Å². The van der Waals surface area contributed by atoms with Crippen molar-refractivity contribution in [3.05, 3.63) is 24.3 Å². The summed E-state index contributed by atoms with van der Waals surface area (Å²) < 4.78 is 23.2. The Bertz CT molecular complexity index is 281. The first-order valence-electron chi connectivity index (χ1n) is 5.15. The van der Waals surface area contributed by atoms with Crippen LogP contribution in [0.3, 0.4) is 0 Å². The summed E-state index contributed by atoms with van der Waals surface area (Å²) in [6, 6.07) is 2.88. The Kier molecular flexibility index (Phi) is 5.70. The molecule has 4 heteroatoms. The first kappa shape index (κ1) is 11.9. The molecule has 1 heterocycles. The topological polar surface area (TPSA) is 31.4 Å². The van der Waals surface area contributed by atoms with Crippen LogP contribution in [0.25, 0.3) is 0 Å². The number of rotatable bonds is 7. The number of pyridine rings is 1. The van der Waals surface area contributed by atoms with Gasteiger partial charge in [0.15, 0.2) is 0 Å². The van der Waals surface area contributed by atoms with E-state index in [0.29, 0.717) is 19.0 Å². The van der Waals surface area contributed by atoms with Crippen molar-refractivity contribution in [3.63, 3.8) is 0 Å². The Morgan fingerprint density at radius 1 is 1.33 bits per heavy atom. The molecule has 0 saturated heterocycles. The highest BCUT2D eigenvalue weighted by molar-refractivity contribution is 5.17. The zero-order valence-electron chi connectivity index (χ0n) is 8.91. The van der Waals surface area contributed by atoms with Crippen molar-refractivity contribution in [3.8, 4) is 5.75 Å². The van der Waals surface area contributed by atoms with Crippen LogP contribution in [0.2, 0.25) is 0 Å². The van der Waals surface area contributed by atoms with E-state index >= 15 is 0 Å². The Morgan fingerprint density at radius 3 is 2.93 bits per heavy atom. The molecule has 0 radical (unpaired) electrons. The maximum atomic E-state index is 12.6. The molecule has 3 nitrogen and oxygen atoms in total. The molecule has 0 unspecified atom stereocenters. The predicted molar refractivity (Wildman–Crippen MR) is 55.4 cm³/mol. The molecule has 0 bridgehead atoms. The maximum Gasteiger partial charge on any atom is 0.216 e. The summed E-state index contributed by atoms with van der Waals surface area (Å²) in [5.74, 6) is -0.0407. The summed E-state index contributed by atoms with van der Waals surface area (Å²) in [5, 5.41) is 0. The lowest BCUT2D eigenvalue weighted by Crippen LogP contribution is -2.07. The summed E-state index contributed by atoms with van der Waals surface area (Å²) in [5.41, 5.74) is 0. The first-order chi connectivity index (χ1) is 7.33. The lowest BCUT2D eigenvalue weighted by molar-refractivity contribution is 0.0979. The maximum absolute atomic E-state index is 12.6. The van der Waals surface area contributed by atoms with Crippen LogP contribution in [-0.4, -0.2) is 24.8 Å². The van der Waals surface area contributed by atoms with E-state index in [-0.39, 0.29) is 0 Å². The van der Waals surface area contributed by atoms with Crippen LogP contribution in [0.15, 0.2) is 18.3 Å². The number of hydrogen-bond donors (Lipinski definition) is 0. The fourth-order valence-electron chi connectivity index (χ4n) is 1.04. The molecule has 0 spiro atoms. The van der Waals surface area contributed by atoms with Crippen molar-refractivity contribution in [1.82, 2.24) is 4.98 Å². The number of unbranched alkanes of at least 4 members (excludes halogenated alkanes) is 1. The second kappa shape index (κ2) is 7.17. The van der Waals surface area contributed by atoms with E-state index < -0.39 is 5.95 Å². The highest BCUT2D eigenvalue weighted by atomic mass is 19.1. The smallest absolute Gasteiger partial charge is 0.216 e. The fraction of sp³-hybridized carbons (Fsp3) is 0.545.